The summed E-state index contributed by atoms with van der Waals surface area (Å²) < 4.78 is 5.15. The largest absolute Gasteiger partial charge is 0.497 e. The number of ether oxygens (including phenoxy) is 1. The van der Waals surface area contributed by atoms with Gasteiger partial charge in [-0.2, -0.15) is 0 Å². The lowest BCUT2D eigenvalue weighted by Crippen LogP contribution is -2.27. The van der Waals surface area contributed by atoms with Gasteiger partial charge in [0.05, 0.1) is 7.11 Å². The summed E-state index contributed by atoms with van der Waals surface area (Å²) in [7, 11) is 1.64. The Morgan fingerprint density at radius 2 is 1.93 bits per heavy atom. The molecule has 0 saturated carbocycles. The summed E-state index contributed by atoms with van der Waals surface area (Å²) in [6.45, 7) is 2.86. The van der Waals surface area contributed by atoms with Gasteiger partial charge in [-0.25, -0.2) is 9.97 Å². The number of carbonyl (C=O) groups excluding carboxylic acids is 1. The van der Waals surface area contributed by atoms with Crippen LogP contribution in [0.2, 0.25) is 0 Å². The molecule has 0 atom stereocenters. The number of amides is 1. The van der Waals surface area contributed by atoms with Crippen LogP contribution in [0, 0.1) is 6.92 Å². The van der Waals surface area contributed by atoms with Crippen LogP contribution < -0.4 is 15.4 Å². The van der Waals surface area contributed by atoms with E-state index in [4.69, 9.17) is 4.74 Å². The summed E-state index contributed by atoms with van der Waals surface area (Å²) in [4.78, 5) is 25.1. The number of anilines is 1. The number of hydrogen-bond donors (Lipinski definition) is 2. The highest BCUT2D eigenvalue weighted by Crippen LogP contribution is 2.12. The Labute approximate surface area is 164 Å². The molecule has 0 aliphatic heterocycles. The molecule has 2 aromatic heterocycles. The zero-order valence-electron chi connectivity index (χ0n) is 16.0. The van der Waals surface area contributed by atoms with Crippen LogP contribution in [0.3, 0.4) is 0 Å². The number of nitrogens with one attached hydrogen (secondary N) is 2. The summed E-state index contributed by atoms with van der Waals surface area (Å²) in [5.74, 6) is 1.74. The van der Waals surface area contributed by atoms with Gasteiger partial charge in [0.15, 0.2) is 0 Å². The quantitative estimate of drug-likeness (QED) is 0.627. The predicted octanol–water partition coefficient (Wildman–Crippen LogP) is 2.77. The third kappa shape index (κ3) is 5.51. The number of hydrogen-bond acceptors (Lipinski definition) is 6. The fourth-order valence-electron chi connectivity index (χ4n) is 2.67. The number of nitrogens with zero attached hydrogens (tertiary/aromatic N) is 3. The van der Waals surface area contributed by atoms with Crippen molar-refractivity contribution >= 4 is 11.7 Å². The van der Waals surface area contributed by atoms with E-state index < -0.39 is 0 Å². The number of pyridine rings is 1. The monoisotopic (exact) mass is 377 g/mol. The summed E-state index contributed by atoms with van der Waals surface area (Å²) in [5, 5.41) is 6.11. The number of aromatic nitrogens is 3. The van der Waals surface area contributed by atoms with Gasteiger partial charge >= 0.3 is 0 Å². The van der Waals surface area contributed by atoms with E-state index in [0.29, 0.717) is 30.4 Å². The second kappa shape index (κ2) is 9.45. The van der Waals surface area contributed by atoms with Crippen LogP contribution >= 0.6 is 0 Å². The molecule has 0 saturated heterocycles. The average molecular weight is 377 g/mol. The van der Waals surface area contributed by atoms with E-state index in [-0.39, 0.29) is 5.91 Å². The third-order valence-corrected chi connectivity index (χ3v) is 4.13. The molecule has 144 valence electrons. The van der Waals surface area contributed by atoms with Crippen molar-refractivity contribution in [1.29, 1.82) is 0 Å². The maximum atomic E-state index is 12.5. The Kier molecular flexibility index (Phi) is 6.51. The highest BCUT2D eigenvalue weighted by molar-refractivity contribution is 5.92. The molecule has 1 aromatic carbocycles. The number of methoxy groups -OCH3 is 1. The minimum atomic E-state index is -0.219. The zero-order chi connectivity index (χ0) is 19.8. The van der Waals surface area contributed by atoms with Crippen molar-refractivity contribution in [3.8, 4) is 5.75 Å². The molecule has 1 amide bonds. The van der Waals surface area contributed by atoms with Gasteiger partial charge < -0.3 is 15.4 Å². The molecule has 0 radical (unpaired) electrons. The first kappa shape index (κ1) is 19.3. The molecule has 2 heterocycles. The first-order valence-corrected chi connectivity index (χ1v) is 9.03. The topological polar surface area (TPSA) is 89.0 Å². The molecule has 2 N–H and O–H groups in total. The fourth-order valence-corrected chi connectivity index (χ4v) is 2.67. The molecule has 3 aromatic rings. The Morgan fingerprint density at radius 1 is 1.11 bits per heavy atom. The Bertz CT molecular complexity index is 914. The highest BCUT2D eigenvalue weighted by atomic mass is 16.5. The molecule has 0 aliphatic carbocycles. The Hall–Kier alpha value is -3.48. The minimum Gasteiger partial charge on any atom is -0.497 e. The van der Waals surface area contributed by atoms with Crippen LogP contribution in [0.4, 0.5) is 5.82 Å². The van der Waals surface area contributed by atoms with Crippen molar-refractivity contribution in [3.63, 3.8) is 0 Å². The van der Waals surface area contributed by atoms with Gasteiger partial charge in [0.2, 0.25) is 0 Å². The van der Waals surface area contributed by atoms with E-state index in [1.807, 2.05) is 36.4 Å². The molecular weight excluding hydrogens is 354 g/mol. The van der Waals surface area contributed by atoms with Crippen LogP contribution in [-0.2, 0) is 13.0 Å². The summed E-state index contributed by atoms with van der Waals surface area (Å²) in [5.41, 5.74) is 2.50. The Balaban J connectivity index is 1.55. The first-order valence-electron chi connectivity index (χ1n) is 9.03. The molecule has 0 spiro atoms. The van der Waals surface area contributed by atoms with E-state index in [9.17, 15) is 4.79 Å². The van der Waals surface area contributed by atoms with E-state index in [1.165, 1.54) is 0 Å². The second-order valence-corrected chi connectivity index (χ2v) is 6.25. The summed E-state index contributed by atoms with van der Waals surface area (Å²) in [6.07, 6.45) is 4.24. The van der Waals surface area contributed by atoms with Gasteiger partial charge in [-0.05, 0) is 42.7 Å². The highest BCUT2D eigenvalue weighted by Gasteiger charge is 2.10. The zero-order valence-corrected chi connectivity index (χ0v) is 16.0. The van der Waals surface area contributed by atoms with Crippen molar-refractivity contribution in [1.82, 2.24) is 20.3 Å². The van der Waals surface area contributed by atoms with Gasteiger partial charge in [-0.1, -0.05) is 18.2 Å². The van der Waals surface area contributed by atoms with Crippen molar-refractivity contribution in [2.24, 2.45) is 0 Å². The lowest BCUT2D eigenvalue weighted by Gasteiger charge is -2.09. The van der Waals surface area contributed by atoms with Gasteiger partial charge in [-0.15, -0.1) is 0 Å². The van der Waals surface area contributed by atoms with E-state index >= 15 is 0 Å². The smallest absolute Gasteiger partial charge is 0.270 e. The molecule has 28 heavy (non-hydrogen) atoms. The van der Waals surface area contributed by atoms with Gasteiger partial charge in [-0.3, -0.25) is 9.78 Å². The molecule has 0 fully saturated rings. The number of benzene rings is 1. The number of carbonyl (C=O) groups is 1. The van der Waals surface area contributed by atoms with Crippen LogP contribution in [0.1, 0.15) is 27.4 Å². The molecule has 7 nitrogen and oxygen atoms in total. The van der Waals surface area contributed by atoms with Gasteiger partial charge in [0.25, 0.3) is 5.91 Å². The summed E-state index contributed by atoms with van der Waals surface area (Å²) >= 11 is 0. The van der Waals surface area contributed by atoms with Crippen LogP contribution in [0.25, 0.3) is 0 Å². The maximum Gasteiger partial charge on any atom is 0.270 e. The molecule has 7 heteroatoms. The van der Waals surface area contributed by atoms with E-state index in [1.54, 1.807) is 32.5 Å². The van der Waals surface area contributed by atoms with Crippen LogP contribution in [0.15, 0.2) is 54.9 Å². The van der Waals surface area contributed by atoms with Crippen molar-refractivity contribution in [2.75, 3.05) is 19.0 Å². The lowest BCUT2D eigenvalue weighted by atomic mass is 10.1. The fraction of sp³-hybridized carbons (Fsp3) is 0.238. The second-order valence-electron chi connectivity index (χ2n) is 6.25. The molecule has 0 unspecified atom stereocenters. The summed E-state index contributed by atoms with van der Waals surface area (Å²) in [6, 6.07) is 13.3. The van der Waals surface area contributed by atoms with Crippen LogP contribution in [0.5, 0.6) is 5.75 Å². The standard InChI is InChI=1S/C21H23N5O2/c1-15-25-19(12-20(26-15)24-14-17-4-3-10-22-13-17)21(27)23-11-9-16-5-7-18(28-2)8-6-16/h3-8,10,12-13H,9,11,14H2,1-2H3,(H,23,27)(H,24,25,26). The normalized spacial score (nSPS) is 10.4. The molecule has 0 bridgehead atoms. The molecule has 3 rings (SSSR count). The van der Waals surface area contributed by atoms with Crippen molar-refractivity contribution < 1.29 is 9.53 Å². The van der Waals surface area contributed by atoms with Crippen molar-refractivity contribution in [2.45, 2.75) is 19.9 Å². The van der Waals surface area contributed by atoms with E-state index in [2.05, 4.69) is 25.6 Å². The van der Waals surface area contributed by atoms with Gasteiger partial charge in [0.1, 0.15) is 23.1 Å². The SMILES string of the molecule is COc1ccc(CCNC(=O)c2cc(NCc3cccnc3)nc(C)n2)cc1. The maximum absolute atomic E-state index is 12.5. The molecule has 0 aliphatic rings. The number of rotatable bonds is 8. The van der Waals surface area contributed by atoms with Gasteiger partial charge in [0, 0.05) is 31.5 Å². The van der Waals surface area contributed by atoms with Crippen molar-refractivity contribution in [3.05, 3.63) is 77.5 Å². The predicted molar refractivity (Wildman–Crippen MR) is 107 cm³/mol. The number of aryl methyl sites for hydroxylation is 1. The molecular formula is C21H23N5O2. The lowest BCUT2D eigenvalue weighted by molar-refractivity contribution is 0.0949. The average Bonchev–Trinajstić information content (AvgIpc) is 2.73. The third-order valence-electron chi connectivity index (χ3n) is 4.13. The first-order chi connectivity index (χ1) is 13.6. The van der Waals surface area contributed by atoms with E-state index in [0.717, 1.165) is 23.3 Å². The minimum absolute atomic E-state index is 0.219. The van der Waals surface area contributed by atoms with Crippen LogP contribution in [-0.4, -0.2) is 34.5 Å². The Morgan fingerprint density at radius 3 is 2.64 bits per heavy atom.